The first kappa shape index (κ1) is 31.1. The molecule has 0 spiro atoms. The number of sulfonamides is 1. The first-order chi connectivity index (χ1) is 17.1. The van der Waals surface area contributed by atoms with Gasteiger partial charge in [0.15, 0.2) is 0 Å². The Kier molecular flexibility index (Phi) is 11.0. The number of aromatic nitrogens is 2. The zero-order valence-corrected chi connectivity index (χ0v) is 24.6. The van der Waals surface area contributed by atoms with Gasteiger partial charge in [-0.2, -0.15) is 11.8 Å². The van der Waals surface area contributed by atoms with Crippen LogP contribution in [-0.4, -0.2) is 102 Å². The van der Waals surface area contributed by atoms with Gasteiger partial charge in [-0.3, -0.25) is 4.79 Å². The number of carboxylic acid groups (broad SMARTS) is 1. The molecule has 0 aromatic carbocycles. The Labute approximate surface area is 225 Å². The number of thioether (sulfide) groups is 1. The zero-order valence-electron chi connectivity index (χ0n) is 22.9. The summed E-state index contributed by atoms with van der Waals surface area (Å²) in [5, 5.41) is 13.0. The van der Waals surface area contributed by atoms with Crippen LogP contribution in [0, 0.1) is 5.92 Å². The number of likely N-dealkylation sites (tertiary alicyclic amines) is 1. The molecule has 1 aliphatic rings. The summed E-state index contributed by atoms with van der Waals surface area (Å²) in [6, 6.07) is -1.17. The smallest absolute Gasteiger partial charge is 0.407 e. The molecule has 3 N–H and O–H groups in total. The number of nitrogens with zero attached hydrogens (tertiary/aromatic N) is 4. The van der Waals surface area contributed by atoms with E-state index in [1.807, 2.05) is 40.9 Å². The molecule has 1 aromatic heterocycles. The van der Waals surface area contributed by atoms with Crippen LogP contribution in [-0.2, 0) is 15.4 Å². The number of hydrogen-bond donors (Lipinski definition) is 3. The summed E-state index contributed by atoms with van der Waals surface area (Å²) in [5.74, 6) is 1.82. The van der Waals surface area contributed by atoms with Gasteiger partial charge in [-0.15, -0.1) is 0 Å². The second-order valence-corrected chi connectivity index (χ2v) is 13.8. The topological polar surface area (TPSA) is 145 Å². The monoisotopic (exact) mass is 558 g/mol. The number of carbonyl (C=O) groups is 2. The third-order valence-corrected chi connectivity index (χ3v) is 7.31. The summed E-state index contributed by atoms with van der Waals surface area (Å²) < 4.78 is 26.3. The average Bonchev–Trinajstić information content (AvgIpc) is 2.77. The van der Waals surface area contributed by atoms with E-state index in [0.717, 1.165) is 18.4 Å². The average molecular weight is 559 g/mol. The molecule has 0 aliphatic carbocycles. The second-order valence-electron chi connectivity index (χ2n) is 11.0. The van der Waals surface area contributed by atoms with Gasteiger partial charge < -0.3 is 20.2 Å². The van der Waals surface area contributed by atoms with E-state index in [-0.39, 0.29) is 30.3 Å². The highest BCUT2D eigenvalue weighted by Gasteiger charge is 2.37. The molecule has 37 heavy (non-hydrogen) atoms. The molecule has 13 heteroatoms. The Morgan fingerprint density at radius 3 is 2.51 bits per heavy atom. The fourth-order valence-corrected chi connectivity index (χ4v) is 5.46. The van der Waals surface area contributed by atoms with Crippen LogP contribution in [0.15, 0.2) is 6.20 Å². The van der Waals surface area contributed by atoms with E-state index < -0.39 is 28.2 Å². The molecule has 2 heterocycles. The minimum atomic E-state index is -3.56. The summed E-state index contributed by atoms with van der Waals surface area (Å²) in [6.45, 7) is 11.1. The van der Waals surface area contributed by atoms with Crippen molar-refractivity contribution in [2.75, 3.05) is 49.8 Å². The molecule has 0 radical (unpaired) electrons. The van der Waals surface area contributed by atoms with Gasteiger partial charge in [0.25, 0.3) is 5.91 Å². The number of amides is 2. The SMILES string of the molecule is CSCCCNc1nc(C(C)(C)C)ncc1C(=O)N(CC(C)C)[C@H]1C[C@@H](NS(C)(=O)=O)CN(C(=O)O)C1. The fourth-order valence-electron chi connectivity index (χ4n) is 4.25. The molecule has 2 rings (SSSR count). The Morgan fingerprint density at radius 2 is 1.97 bits per heavy atom. The second kappa shape index (κ2) is 13.1. The van der Waals surface area contributed by atoms with Gasteiger partial charge in [-0.05, 0) is 30.8 Å². The van der Waals surface area contributed by atoms with Crippen molar-refractivity contribution in [1.29, 1.82) is 0 Å². The summed E-state index contributed by atoms with van der Waals surface area (Å²) >= 11 is 1.74. The lowest BCUT2D eigenvalue weighted by atomic mass is 9.95. The zero-order chi connectivity index (χ0) is 28.0. The Bertz CT molecular complexity index is 1040. The molecule has 1 aromatic rings. The molecule has 0 unspecified atom stereocenters. The molecule has 2 amide bonds. The number of hydrogen-bond acceptors (Lipinski definition) is 8. The van der Waals surface area contributed by atoms with Crippen molar-refractivity contribution in [3.05, 3.63) is 17.6 Å². The first-order valence-electron chi connectivity index (χ1n) is 12.5. The van der Waals surface area contributed by atoms with Crippen LogP contribution in [0.4, 0.5) is 10.6 Å². The minimum absolute atomic E-state index is 0.0221. The van der Waals surface area contributed by atoms with Crippen molar-refractivity contribution in [2.45, 2.75) is 65.0 Å². The summed E-state index contributed by atoms with van der Waals surface area (Å²) in [6.07, 6.45) is 4.67. The number of anilines is 1. The first-order valence-corrected chi connectivity index (χ1v) is 15.8. The summed E-state index contributed by atoms with van der Waals surface area (Å²) in [5.41, 5.74) is 0.00278. The highest BCUT2D eigenvalue weighted by molar-refractivity contribution is 7.98. The normalized spacial score (nSPS) is 18.6. The lowest BCUT2D eigenvalue weighted by molar-refractivity contribution is 0.0467. The highest BCUT2D eigenvalue weighted by atomic mass is 32.2. The molecule has 1 aliphatic heterocycles. The van der Waals surface area contributed by atoms with Crippen LogP contribution in [0.25, 0.3) is 0 Å². The maximum absolute atomic E-state index is 14.0. The molecular weight excluding hydrogens is 516 g/mol. The number of rotatable bonds is 11. The summed E-state index contributed by atoms with van der Waals surface area (Å²) in [4.78, 5) is 37.9. The van der Waals surface area contributed by atoms with Crippen molar-refractivity contribution in [3.8, 4) is 0 Å². The number of piperidine rings is 1. The third kappa shape index (κ3) is 9.60. The minimum Gasteiger partial charge on any atom is -0.465 e. The molecule has 1 saturated heterocycles. The Balaban J connectivity index is 2.46. The predicted octanol–water partition coefficient (Wildman–Crippen LogP) is 2.71. The summed E-state index contributed by atoms with van der Waals surface area (Å²) in [7, 11) is -3.56. The van der Waals surface area contributed by atoms with Crippen molar-refractivity contribution in [3.63, 3.8) is 0 Å². The van der Waals surface area contributed by atoms with Crippen LogP contribution in [0.3, 0.4) is 0 Å². The van der Waals surface area contributed by atoms with Gasteiger partial charge in [0.1, 0.15) is 17.2 Å². The lowest BCUT2D eigenvalue weighted by Crippen LogP contribution is -2.59. The predicted molar refractivity (Wildman–Crippen MR) is 148 cm³/mol. The number of carbonyl (C=O) groups excluding carboxylic acids is 1. The van der Waals surface area contributed by atoms with Gasteiger partial charge in [-0.1, -0.05) is 34.6 Å². The van der Waals surface area contributed by atoms with Gasteiger partial charge in [0.05, 0.1) is 12.3 Å². The van der Waals surface area contributed by atoms with Gasteiger partial charge in [0.2, 0.25) is 10.0 Å². The molecule has 2 atom stereocenters. The van der Waals surface area contributed by atoms with Gasteiger partial charge in [-0.25, -0.2) is 27.9 Å². The van der Waals surface area contributed by atoms with E-state index in [9.17, 15) is 23.1 Å². The third-order valence-electron chi connectivity index (χ3n) is 5.85. The fraction of sp³-hybridized carbons (Fsp3) is 0.750. The van der Waals surface area contributed by atoms with Crippen molar-refractivity contribution < 1.29 is 23.1 Å². The Hall–Kier alpha value is -2.12. The van der Waals surface area contributed by atoms with E-state index in [1.54, 1.807) is 22.9 Å². The van der Waals surface area contributed by atoms with Gasteiger partial charge >= 0.3 is 6.09 Å². The molecule has 0 bridgehead atoms. The maximum atomic E-state index is 14.0. The van der Waals surface area contributed by atoms with Crippen LogP contribution < -0.4 is 10.0 Å². The maximum Gasteiger partial charge on any atom is 0.407 e. The van der Waals surface area contributed by atoms with E-state index in [1.165, 1.54) is 4.90 Å². The van der Waals surface area contributed by atoms with Crippen LogP contribution in [0.1, 0.15) is 63.6 Å². The van der Waals surface area contributed by atoms with E-state index in [2.05, 4.69) is 15.0 Å². The Morgan fingerprint density at radius 1 is 1.30 bits per heavy atom. The molecule has 210 valence electrons. The largest absolute Gasteiger partial charge is 0.465 e. The van der Waals surface area contributed by atoms with Crippen LogP contribution >= 0.6 is 11.8 Å². The van der Waals surface area contributed by atoms with E-state index in [4.69, 9.17) is 4.98 Å². The van der Waals surface area contributed by atoms with Crippen molar-refractivity contribution >= 4 is 39.6 Å². The quantitative estimate of drug-likeness (QED) is 0.349. The van der Waals surface area contributed by atoms with Gasteiger partial charge in [0, 0.05) is 43.8 Å². The standard InChI is InChI=1S/C24H42N6O5S2/c1-16(2)13-30(18-11-17(28-37(7,34)35)14-29(15-18)23(32)33)21(31)19-12-26-22(24(3,4)5)27-20(19)25-9-8-10-36-6/h12,16-18,28H,8-11,13-15H2,1-7H3,(H,32,33)(H,25,26,27)/t17-,18+/m1/s1. The molecule has 1 fully saturated rings. The molecule has 0 saturated carbocycles. The van der Waals surface area contributed by atoms with Crippen molar-refractivity contribution in [1.82, 2.24) is 24.5 Å². The highest BCUT2D eigenvalue weighted by Crippen LogP contribution is 2.26. The van der Waals surface area contributed by atoms with Crippen LogP contribution in [0.5, 0.6) is 0 Å². The van der Waals surface area contributed by atoms with Crippen molar-refractivity contribution in [2.24, 2.45) is 5.92 Å². The number of nitrogens with one attached hydrogen (secondary N) is 2. The van der Waals surface area contributed by atoms with E-state index >= 15 is 0 Å². The molecule has 11 nitrogen and oxygen atoms in total. The lowest BCUT2D eigenvalue weighted by Gasteiger charge is -2.42. The van der Waals surface area contributed by atoms with E-state index in [0.29, 0.717) is 36.7 Å². The van der Waals surface area contributed by atoms with Crippen LogP contribution in [0.2, 0.25) is 0 Å². The molecular formula is C24H42N6O5S2.